The van der Waals surface area contributed by atoms with E-state index in [0.29, 0.717) is 11.3 Å². The molecule has 4 heteroatoms. The second-order valence-electron chi connectivity index (χ2n) is 11.8. The van der Waals surface area contributed by atoms with Crippen LogP contribution in [-0.2, 0) is 14.0 Å². The summed E-state index contributed by atoms with van der Waals surface area (Å²) in [5.74, 6) is 2.01. The molecule has 0 bridgehead atoms. The van der Waals surface area contributed by atoms with Crippen LogP contribution in [0.1, 0.15) is 86.5 Å². The summed E-state index contributed by atoms with van der Waals surface area (Å²) in [6, 6.07) is 0. The molecule has 3 aliphatic rings. The first kappa shape index (κ1) is 22.3. The largest absolute Gasteiger partial charge is 0.462 e. The van der Waals surface area contributed by atoms with Crippen molar-refractivity contribution in [3.05, 3.63) is 0 Å². The summed E-state index contributed by atoms with van der Waals surface area (Å²) in [5.41, 5.74) is 0.561. The number of ether oxygens (including phenoxy) is 1. The molecule has 2 unspecified atom stereocenters. The maximum atomic E-state index is 11.9. The number of carbonyl (C=O) groups is 1. The van der Waals surface area contributed by atoms with Crippen LogP contribution < -0.4 is 0 Å². The molecule has 3 nitrogen and oxygen atoms in total. The van der Waals surface area contributed by atoms with E-state index < -0.39 is 9.04 Å². The van der Waals surface area contributed by atoms with E-state index in [1.807, 2.05) is 6.92 Å². The summed E-state index contributed by atoms with van der Waals surface area (Å²) in [4.78, 5) is 11.9. The van der Waals surface area contributed by atoms with Crippen LogP contribution in [0, 0.1) is 34.5 Å². The van der Waals surface area contributed by atoms with E-state index >= 15 is 0 Å². The number of esters is 1. The van der Waals surface area contributed by atoms with Gasteiger partial charge in [-0.15, -0.1) is 0 Å². The Bertz CT molecular complexity index is 583. The summed E-state index contributed by atoms with van der Waals surface area (Å²) in [6.45, 7) is 18.9. The van der Waals surface area contributed by atoms with Crippen LogP contribution in [-0.4, -0.2) is 26.7 Å². The van der Waals surface area contributed by atoms with Gasteiger partial charge in [-0.3, -0.25) is 4.79 Å². The van der Waals surface area contributed by atoms with Gasteiger partial charge < -0.3 is 9.16 Å². The monoisotopic (exact) mass is 408 g/mol. The van der Waals surface area contributed by atoms with Gasteiger partial charge in [-0.05, 0) is 80.2 Å². The van der Waals surface area contributed by atoms with Gasteiger partial charge in [0.05, 0.1) is 11.5 Å². The second kappa shape index (κ2) is 7.72. The first-order chi connectivity index (χ1) is 12.9. The molecule has 0 spiro atoms. The van der Waals surface area contributed by atoms with Crippen molar-refractivity contribution in [2.75, 3.05) is 0 Å². The average Bonchev–Trinajstić information content (AvgIpc) is 3.03. The van der Waals surface area contributed by atoms with Crippen LogP contribution in [0.5, 0.6) is 0 Å². The molecule has 3 rings (SSSR count). The Kier molecular flexibility index (Phi) is 6.16. The predicted octanol–water partition coefficient (Wildman–Crippen LogP) is 5.97. The molecule has 2 aliphatic carbocycles. The number of rotatable bonds is 5. The molecule has 0 aromatic carbocycles. The number of hydrogen-bond donors (Lipinski definition) is 0. The van der Waals surface area contributed by atoms with E-state index in [2.05, 4.69) is 47.7 Å². The van der Waals surface area contributed by atoms with Crippen LogP contribution >= 0.6 is 0 Å². The molecule has 1 aliphatic heterocycles. The summed E-state index contributed by atoms with van der Waals surface area (Å²) < 4.78 is 12.8. The highest BCUT2D eigenvalue weighted by Gasteiger charge is 2.63. The Balaban J connectivity index is 1.89. The summed E-state index contributed by atoms with van der Waals surface area (Å²) in [5, 5.41) is 0. The topological polar surface area (TPSA) is 35.5 Å². The highest BCUT2D eigenvalue weighted by atomic mass is 28.3. The van der Waals surface area contributed by atoms with Gasteiger partial charge in [0.1, 0.15) is 6.10 Å². The van der Waals surface area contributed by atoms with Crippen LogP contribution in [0.2, 0.25) is 13.1 Å². The molecule has 7 atom stereocenters. The molecule has 0 aromatic heterocycles. The van der Waals surface area contributed by atoms with E-state index in [4.69, 9.17) is 9.16 Å². The molecule has 1 heterocycles. The minimum absolute atomic E-state index is 0.00799. The molecule has 0 amide bonds. The fourth-order valence-corrected chi connectivity index (χ4v) is 8.81. The number of fused-ring (bicyclic) bond motifs is 1. The van der Waals surface area contributed by atoms with Gasteiger partial charge in [-0.1, -0.05) is 48.0 Å². The number of carbonyl (C=O) groups excluding carboxylic acids is 1. The van der Waals surface area contributed by atoms with E-state index in [1.165, 1.54) is 32.1 Å². The van der Waals surface area contributed by atoms with Crippen molar-refractivity contribution >= 4 is 15.0 Å². The summed E-state index contributed by atoms with van der Waals surface area (Å²) >= 11 is 0. The van der Waals surface area contributed by atoms with Crippen molar-refractivity contribution in [3.8, 4) is 0 Å². The fraction of sp³-hybridized carbons (Fsp3) is 0.958. The van der Waals surface area contributed by atoms with Crippen molar-refractivity contribution < 1.29 is 14.0 Å². The van der Waals surface area contributed by atoms with Gasteiger partial charge in [0.15, 0.2) is 9.04 Å². The maximum Gasteiger partial charge on any atom is 0.309 e. The van der Waals surface area contributed by atoms with Crippen molar-refractivity contribution in [2.45, 2.75) is 111 Å². The zero-order chi connectivity index (χ0) is 20.9. The number of cyclic esters (lactones) is 1. The highest BCUT2D eigenvalue weighted by Crippen LogP contribution is 2.66. The molecular weight excluding hydrogens is 364 g/mol. The SMILES string of the molecule is C[C@H](C[C@@H]1C[C@H](C)C(=O)O1)[C@]1(O[SiH](C)C)CCC2C(C(C)(C)C)CCC[C@]21C. The highest BCUT2D eigenvalue weighted by molar-refractivity contribution is 6.48. The standard InChI is InChI=1S/C24H44O3Si/c1-16-14-18(26-21(16)25)15-17(2)24(27-28(7)8)13-11-20-19(22(3,4)5)10-9-12-23(20,24)6/h16-20,28H,9-15H2,1-8H3/t16-,17+,18-,19?,20?,23+,24+/m0/s1. The lowest BCUT2D eigenvalue weighted by molar-refractivity contribution is -0.148. The Labute approximate surface area is 175 Å². The lowest BCUT2D eigenvalue weighted by Crippen LogP contribution is -2.57. The third-order valence-corrected chi connectivity index (χ3v) is 9.47. The fourth-order valence-electron chi connectivity index (χ4n) is 7.34. The molecule has 0 aromatic rings. The predicted molar refractivity (Wildman–Crippen MR) is 118 cm³/mol. The Morgan fingerprint density at radius 3 is 2.46 bits per heavy atom. The van der Waals surface area contributed by atoms with Crippen LogP contribution in [0.25, 0.3) is 0 Å². The molecule has 3 fully saturated rings. The van der Waals surface area contributed by atoms with Crippen LogP contribution in [0.4, 0.5) is 0 Å². The molecule has 2 saturated carbocycles. The minimum Gasteiger partial charge on any atom is -0.462 e. The minimum atomic E-state index is -1.20. The van der Waals surface area contributed by atoms with E-state index in [9.17, 15) is 4.79 Å². The van der Waals surface area contributed by atoms with Crippen molar-refractivity contribution in [3.63, 3.8) is 0 Å². The van der Waals surface area contributed by atoms with E-state index in [-0.39, 0.29) is 29.0 Å². The summed E-state index contributed by atoms with van der Waals surface area (Å²) in [6.07, 6.45) is 8.37. The molecule has 162 valence electrons. The van der Waals surface area contributed by atoms with E-state index in [1.54, 1.807) is 0 Å². The Morgan fingerprint density at radius 1 is 1.25 bits per heavy atom. The Hall–Kier alpha value is -0.353. The number of hydrogen-bond acceptors (Lipinski definition) is 3. The van der Waals surface area contributed by atoms with Crippen LogP contribution in [0.15, 0.2) is 0 Å². The van der Waals surface area contributed by atoms with E-state index in [0.717, 1.165) is 24.7 Å². The van der Waals surface area contributed by atoms with Gasteiger partial charge >= 0.3 is 5.97 Å². The maximum absolute atomic E-state index is 11.9. The molecule has 28 heavy (non-hydrogen) atoms. The van der Waals surface area contributed by atoms with Crippen LogP contribution in [0.3, 0.4) is 0 Å². The van der Waals surface area contributed by atoms with Crippen molar-refractivity contribution in [2.24, 2.45) is 34.5 Å². The normalized spacial score (nSPS) is 42.5. The van der Waals surface area contributed by atoms with Gasteiger partial charge in [0.25, 0.3) is 0 Å². The first-order valence-electron chi connectivity index (χ1n) is 11.8. The Morgan fingerprint density at radius 2 is 1.93 bits per heavy atom. The van der Waals surface area contributed by atoms with Crippen molar-refractivity contribution in [1.82, 2.24) is 0 Å². The third kappa shape index (κ3) is 3.73. The van der Waals surface area contributed by atoms with Gasteiger partial charge in [-0.25, -0.2) is 0 Å². The zero-order valence-electron chi connectivity index (χ0n) is 19.6. The first-order valence-corrected chi connectivity index (χ1v) is 14.6. The quantitative estimate of drug-likeness (QED) is 0.415. The van der Waals surface area contributed by atoms with Gasteiger partial charge in [-0.2, -0.15) is 0 Å². The summed E-state index contributed by atoms with van der Waals surface area (Å²) in [7, 11) is -1.20. The average molecular weight is 409 g/mol. The molecule has 0 N–H and O–H groups in total. The zero-order valence-corrected chi connectivity index (χ0v) is 20.8. The van der Waals surface area contributed by atoms with Gasteiger partial charge in [0.2, 0.25) is 0 Å². The smallest absolute Gasteiger partial charge is 0.309 e. The molecular formula is C24H44O3Si. The lowest BCUT2D eigenvalue weighted by Gasteiger charge is -2.56. The third-order valence-electron chi connectivity index (χ3n) is 8.58. The van der Waals surface area contributed by atoms with Crippen molar-refractivity contribution in [1.29, 1.82) is 0 Å². The second-order valence-corrected chi connectivity index (χ2v) is 14.1. The molecule has 0 radical (unpaired) electrons. The molecule has 1 saturated heterocycles. The van der Waals surface area contributed by atoms with Gasteiger partial charge in [0, 0.05) is 0 Å². The lowest BCUT2D eigenvalue weighted by atomic mass is 9.53.